The van der Waals surface area contributed by atoms with E-state index in [0.29, 0.717) is 11.4 Å². The molecule has 3 aromatic heterocycles. The highest BCUT2D eigenvalue weighted by molar-refractivity contribution is 5.99. The van der Waals surface area contributed by atoms with Crippen molar-refractivity contribution in [3.05, 3.63) is 89.1 Å². The Labute approximate surface area is 205 Å². The summed E-state index contributed by atoms with van der Waals surface area (Å²) in [4.78, 5) is 22.6. The fraction of sp³-hybridized carbons (Fsp3) is 0.240. The normalized spacial score (nSPS) is 13.3. The summed E-state index contributed by atoms with van der Waals surface area (Å²) in [6, 6.07) is 8.02. The lowest BCUT2D eigenvalue weighted by Gasteiger charge is -2.30. The summed E-state index contributed by atoms with van der Waals surface area (Å²) in [5.41, 5.74) is 1.95. The van der Waals surface area contributed by atoms with Gasteiger partial charge in [0.1, 0.15) is 18.7 Å². The molecule has 11 heteroatoms. The Bertz CT molecular complexity index is 1430. The molecule has 0 aliphatic heterocycles. The monoisotopic (exact) mass is 494 g/mol. The summed E-state index contributed by atoms with van der Waals surface area (Å²) in [7, 11) is 3.26. The number of carbonyl (C=O) groups excluding carboxylic acids is 1. The highest BCUT2D eigenvalue weighted by Crippen LogP contribution is 2.33. The van der Waals surface area contributed by atoms with Crippen molar-refractivity contribution in [1.29, 1.82) is 0 Å². The Kier molecular flexibility index (Phi) is 6.91. The van der Waals surface area contributed by atoms with Crippen LogP contribution in [0.25, 0.3) is 11.3 Å². The molecule has 4 rings (SSSR count). The largest absolute Gasteiger partial charge is 0.399 e. The van der Waals surface area contributed by atoms with E-state index in [1.807, 2.05) is 19.2 Å². The minimum atomic E-state index is -0.821. The summed E-state index contributed by atoms with van der Waals surface area (Å²) < 4.78 is 34.2. The summed E-state index contributed by atoms with van der Waals surface area (Å²) in [5, 5.41) is 15.0. The van der Waals surface area contributed by atoms with Gasteiger partial charge in [-0.05, 0) is 38.1 Å². The van der Waals surface area contributed by atoms with Gasteiger partial charge in [-0.15, -0.1) is 0 Å². The average molecular weight is 495 g/mol. The lowest BCUT2D eigenvalue weighted by atomic mass is 9.78. The molecular formula is C25H24F2N6O3. The van der Waals surface area contributed by atoms with E-state index < -0.39 is 23.0 Å². The summed E-state index contributed by atoms with van der Waals surface area (Å²) in [6.45, 7) is 3.85. The van der Waals surface area contributed by atoms with Crippen molar-refractivity contribution in [2.75, 3.05) is 13.7 Å². The molecule has 3 heterocycles. The van der Waals surface area contributed by atoms with Crippen LogP contribution in [0.3, 0.4) is 0 Å². The quantitative estimate of drug-likeness (QED) is 0.295. The number of amides is 1. The molecule has 0 saturated heterocycles. The predicted molar refractivity (Wildman–Crippen MR) is 127 cm³/mol. The van der Waals surface area contributed by atoms with E-state index in [1.54, 1.807) is 37.1 Å². The third-order valence-corrected chi connectivity index (χ3v) is 5.83. The average Bonchev–Trinajstić information content (AvgIpc) is 3.52. The molecule has 0 spiro atoms. The molecule has 1 amide bonds. The van der Waals surface area contributed by atoms with Crippen LogP contribution in [0.1, 0.15) is 41.2 Å². The van der Waals surface area contributed by atoms with E-state index in [0.717, 1.165) is 23.3 Å². The number of aryl methyl sites for hydroxylation is 1. The minimum absolute atomic E-state index is 0.00539. The van der Waals surface area contributed by atoms with Gasteiger partial charge in [0, 0.05) is 49.2 Å². The van der Waals surface area contributed by atoms with Crippen LogP contribution in [0.2, 0.25) is 0 Å². The number of halogens is 2. The van der Waals surface area contributed by atoms with Crippen LogP contribution >= 0.6 is 0 Å². The van der Waals surface area contributed by atoms with E-state index in [4.69, 9.17) is 9.36 Å². The Hall–Kier alpha value is -4.41. The van der Waals surface area contributed by atoms with Crippen molar-refractivity contribution in [1.82, 2.24) is 25.2 Å². The Morgan fingerprint density at radius 3 is 2.78 bits per heavy atom. The smallest absolute Gasteiger partial charge is 0.273 e. The van der Waals surface area contributed by atoms with Crippen LogP contribution in [-0.4, -0.2) is 45.2 Å². The van der Waals surface area contributed by atoms with Gasteiger partial charge < -0.3 is 14.7 Å². The van der Waals surface area contributed by atoms with Crippen LogP contribution in [-0.2, 0) is 17.3 Å². The van der Waals surface area contributed by atoms with Crippen molar-refractivity contribution in [2.45, 2.75) is 19.3 Å². The molecule has 1 unspecified atom stereocenters. The number of nitrogens with zero attached hydrogens (tertiary/aromatic N) is 5. The van der Waals surface area contributed by atoms with E-state index in [9.17, 15) is 13.6 Å². The maximum Gasteiger partial charge on any atom is 0.273 e. The van der Waals surface area contributed by atoms with Crippen molar-refractivity contribution < 1.29 is 22.9 Å². The fourth-order valence-corrected chi connectivity index (χ4v) is 3.90. The first-order valence-corrected chi connectivity index (χ1v) is 11.0. The zero-order valence-electron chi connectivity index (χ0n) is 20.1. The van der Waals surface area contributed by atoms with Gasteiger partial charge in [-0.25, -0.2) is 8.78 Å². The lowest BCUT2D eigenvalue weighted by molar-refractivity contribution is 0.0938. The second-order valence-electron chi connectivity index (χ2n) is 8.38. The first-order chi connectivity index (χ1) is 17.2. The number of benzene rings is 1. The molecule has 1 aromatic carbocycles. The van der Waals surface area contributed by atoms with Crippen LogP contribution in [0.4, 0.5) is 8.78 Å². The number of aromatic nitrogens is 4. The molecule has 36 heavy (non-hydrogen) atoms. The molecule has 1 atom stereocenters. The fourth-order valence-electron chi connectivity index (χ4n) is 3.90. The molecule has 0 aliphatic rings. The third-order valence-electron chi connectivity index (χ3n) is 5.83. The molecule has 9 nitrogen and oxygen atoms in total. The van der Waals surface area contributed by atoms with Crippen LogP contribution in [0.5, 0.6) is 0 Å². The molecule has 0 saturated carbocycles. The summed E-state index contributed by atoms with van der Waals surface area (Å²) in [6.07, 6.45) is 5.22. The summed E-state index contributed by atoms with van der Waals surface area (Å²) in [5.74, 6) is -2.07. The Balaban J connectivity index is 1.64. The number of pyridine rings is 1. The molecule has 1 N–H and O–H groups in total. The first kappa shape index (κ1) is 24.7. The first-order valence-electron chi connectivity index (χ1n) is 11.0. The highest BCUT2D eigenvalue weighted by Gasteiger charge is 2.35. The molecule has 0 radical (unpaired) electrons. The third kappa shape index (κ3) is 4.85. The number of oxime groups is 1. The van der Waals surface area contributed by atoms with Crippen molar-refractivity contribution in [2.24, 2.45) is 12.2 Å². The maximum atomic E-state index is 14.1. The van der Waals surface area contributed by atoms with E-state index in [2.05, 4.69) is 25.7 Å². The number of hydrogen-bond acceptors (Lipinski definition) is 7. The van der Waals surface area contributed by atoms with Gasteiger partial charge in [0.2, 0.25) is 0 Å². The number of nitrogens with one attached hydrogen (secondary N) is 1. The van der Waals surface area contributed by atoms with Crippen LogP contribution in [0.15, 0.2) is 64.7 Å². The second kappa shape index (κ2) is 10.1. The minimum Gasteiger partial charge on any atom is -0.399 e. The topological polar surface area (TPSA) is 107 Å². The molecule has 0 bridgehead atoms. The van der Waals surface area contributed by atoms with Crippen LogP contribution in [0, 0.1) is 11.6 Å². The lowest BCUT2D eigenvalue weighted by Crippen LogP contribution is -2.41. The maximum absolute atomic E-state index is 14.1. The van der Waals surface area contributed by atoms with Gasteiger partial charge >= 0.3 is 0 Å². The predicted octanol–water partition coefficient (Wildman–Crippen LogP) is 3.85. The van der Waals surface area contributed by atoms with Gasteiger partial charge in [-0.2, -0.15) is 5.10 Å². The Morgan fingerprint density at radius 1 is 1.28 bits per heavy atom. The highest BCUT2D eigenvalue weighted by atomic mass is 19.1. The number of hydrogen-bond donors (Lipinski definition) is 1. The van der Waals surface area contributed by atoms with Crippen molar-refractivity contribution in [3.8, 4) is 11.3 Å². The number of carbonyl (C=O) groups is 1. The molecule has 0 aliphatic carbocycles. The zero-order chi connectivity index (χ0) is 25.9. The molecule has 186 valence electrons. The zero-order valence-corrected chi connectivity index (χ0v) is 20.1. The van der Waals surface area contributed by atoms with Gasteiger partial charge in [0.15, 0.2) is 11.5 Å². The van der Waals surface area contributed by atoms with Crippen molar-refractivity contribution in [3.63, 3.8) is 0 Å². The van der Waals surface area contributed by atoms with Gasteiger partial charge in [-0.1, -0.05) is 10.3 Å². The van der Waals surface area contributed by atoms with Gasteiger partial charge in [0.25, 0.3) is 5.91 Å². The SMILES string of the molecule is CO/N=C(/C)c1cccnc1C(C)(CNC(=O)c1cc(-c2ccc(F)cc2F)on1)c1cnn(C)c1. The van der Waals surface area contributed by atoms with E-state index in [-0.39, 0.29) is 23.6 Å². The number of rotatable bonds is 8. The second-order valence-corrected chi connectivity index (χ2v) is 8.38. The molecule has 0 fully saturated rings. The Morgan fingerprint density at radius 2 is 2.08 bits per heavy atom. The van der Waals surface area contributed by atoms with Crippen LogP contribution < -0.4 is 5.32 Å². The van der Waals surface area contributed by atoms with Gasteiger partial charge in [-0.3, -0.25) is 14.5 Å². The van der Waals surface area contributed by atoms with E-state index >= 15 is 0 Å². The van der Waals surface area contributed by atoms with E-state index in [1.165, 1.54) is 19.2 Å². The molecular weight excluding hydrogens is 470 g/mol. The molecule has 4 aromatic rings. The van der Waals surface area contributed by atoms with Gasteiger partial charge in [0.05, 0.1) is 28.6 Å². The summed E-state index contributed by atoms with van der Waals surface area (Å²) >= 11 is 0. The van der Waals surface area contributed by atoms with Crippen molar-refractivity contribution >= 4 is 11.6 Å². The standard InChI is InChI=1S/C25H24F2N6O3/c1-15(31-35-4)18-6-5-9-28-23(18)25(2,16-12-30-33(3)13-16)14-29-24(34)21-11-22(36-32-21)19-8-7-17(26)10-20(19)27/h5-13H,14H2,1-4H3,(H,29,34)/b31-15-.